The van der Waals surface area contributed by atoms with Crippen LogP contribution in [0.5, 0.6) is 0 Å². The van der Waals surface area contributed by atoms with E-state index in [-0.39, 0.29) is 10.6 Å². The van der Waals surface area contributed by atoms with Gasteiger partial charge in [0.05, 0.1) is 4.92 Å². The summed E-state index contributed by atoms with van der Waals surface area (Å²) in [6.45, 7) is 2.17. The lowest BCUT2D eigenvalue weighted by Gasteiger charge is -2.08. The van der Waals surface area contributed by atoms with Crippen molar-refractivity contribution < 1.29 is 4.92 Å². The summed E-state index contributed by atoms with van der Waals surface area (Å²) in [5.74, 6) is 0. The zero-order valence-electron chi connectivity index (χ0n) is 9.36. The molecular weight excluding hydrogens is 270 g/mol. The average molecular weight is 286 g/mol. The van der Waals surface area contributed by atoms with Crippen molar-refractivity contribution in [1.82, 2.24) is 0 Å². The highest BCUT2D eigenvalue weighted by Gasteiger charge is 2.07. The van der Waals surface area contributed by atoms with Crippen molar-refractivity contribution in [2.24, 2.45) is 0 Å². The Hall–Kier alpha value is -0.900. The molecule has 0 spiro atoms. The van der Waals surface area contributed by atoms with Crippen LogP contribution in [-0.2, 0) is 6.42 Å². The molecule has 1 unspecified atom stereocenters. The standard InChI is InChI=1S/C12H16BrNO2/c1-2-3-4-11(13)9-10-5-7-12(8-6-10)14(15)16/h5-8,11H,2-4,9H2,1H3. The minimum Gasteiger partial charge on any atom is -0.258 e. The van der Waals surface area contributed by atoms with Gasteiger partial charge in [-0.05, 0) is 18.4 Å². The van der Waals surface area contributed by atoms with E-state index in [4.69, 9.17) is 0 Å². The first-order valence-corrected chi connectivity index (χ1v) is 6.42. The van der Waals surface area contributed by atoms with E-state index in [0.717, 1.165) is 18.4 Å². The third-order valence-corrected chi connectivity index (χ3v) is 3.26. The number of rotatable bonds is 6. The lowest BCUT2D eigenvalue weighted by Crippen LogP contribution is -2.02. The van der Waals surface area contributed by atoms with Crippen molar-refractivity contribution in [2.45, 2.75) is 37.4 Å². The summed E-state index contributed by atoms with van der Waals surface area (Å²) in [7, 11) is 0. The van der Waals surface area contributed by atoms with Crippen LogP contribution in [0.3, 0.4) is 0 Å². The lowest BCUT2D eigenvalue weighted by molar-refractivity contribution is -0.384. The summed E-state index contributed by atoms with van der Waals surface area (Å²) in [6.07, 6.45) is 4.48. The van der Waals surface area contributed by atoms with Crippen LogP contribution in [0.25, 0.3) is 0 Å². The largest absolute Gasteiger partial charge is 0.269 e. The number of benzene rings is 1. The molecule has 0 radical (unpaired) electrons. The first-order valence-electron chi connectivity index (χ1n) is 5.51. The van der Waals surface area contributed by atoms with Gasteiger partial charge in [-0.15, -0.1) is 0 Å². The van der Waals surface area contributed by atoms with Gasteiger partial charge in [-0.1, -0.05) is 47.8 Å². The van der Waals surface area contributed by atoms with Crippen LogP contribution in [0.4, 0.5) is 5.69 Å². The summed E-state index contributed by atoms with van der Waals surface area (Å²) >= 11 is 3.63. The van der Waals surface area contributed by atoms with E-state index in [1.54, 1.807) is 12.1 Å². The van der Waals surface area contributed by atoms with Gasteiger partial charge in [0.15, 0.2) is 0 Å². The molecule has 0 aliphatic rings. The van der Waals surface area contributed by atoms with Crippen LogP contribution in [-0.4, -0.2) is 9.75 Å². The van der Waals surface area contributed by atoms with E-state index in [2.05, 4.69) is 22.9 Å². The predicted molar refractivity (Wildman–Crippen MR) is 69.0 cm³/mol. The second-order valence-corrected chi connectivity index (χ2v) is 5.16. The van der Waals surface area contributed by atoms with E-state index in [0.29, 0.717) is 4.83 Å². The van der Waals surface area contributed by atoms with Gasteiger partial charge in [0.1, 0.15) is 0 Å². The molecule has 0 aliphatic heterocycles. The molecule has 1 rings (SSSR count). The summed E-state index contributed by atoms with van der Waals surface area (Å²) < 4.78 is 0. The van der Waals surface area contributed by atoms with Crippen LogP contribution >= 0.6 is 15.9 Å². The smallest absolute Gasteiger partial charge is 0.258 e. The first kappa shape index (κ1) is 13.2. The maximum Gasteiger partial charge on any atom is 0.269 e. The molecule has 0 heterocycles. The molecule has 0 aromatic heterocycles. The van der Waals surface area contributed by atoms with Crippen LogP contribution < -0.4 is 0 Å². The maximum atomic E-state index is 10.5. The molecule has 88 valence electrons. The topological polar surface area (TPSA) is 43.1 Å². The number of hydrogen-bond donors (Lipinski definition) is 0. The maximum absolute atomic E-state index is 10.5. The Bertz CT molecular complexity index is 337. The number of nitro benzene ring substituents is 1. The molecule has 1 aromatic rings. The summed E-state index contributed by atoms with van der Waals surface area (Å²) in [6, 6.07) is 6.79. The van der Waals surface area contributed by atoms with Gasteiger partial charge in [0.2, 0.25) is 0 Å². The van der Waals surface area contributed by atoms with Crippen molar-refractivity contribution >= 4 is 21.6 Å². The molecule has 4 heteroatoms. The zero-order chi connectivity index (χ0) is 12.0. The Morgan fingerprint density at radius 2 is 2.00 bits per heavy atom. The number of hydrogen-bond acceptors (Lipinski definition) is 2. The minimum absolute atomic E-state index is 0.156. The third kappa shape index (κ3) is 4.31. The number of halogens is 1. The average Bonchev–Trinajstić information content (AvgIpc) is 2.27. The van der Waals surface area contributed by atoms with Gasteiger partial charge in [0.25, 0.3) is 5.69 Å². The molecule has 0 saturated carbocycles. The quantitative estimate of drug-likeness (QED) is 0.449. The lowest BCUT2D eigenvalue weighted by atomic mass is 10.1. The fourth-order valence-electron chi connectivity index (χ4n) is 1.54. The van der Waals surface area contributed by atoms with E-state index in [1.807, 2.05) is 12.1 Å². The monoisotopic (exact) mass is 285 g/mol. The second-order valence-electron chi connectivity index (χ2n) is 3.87. The van der Waals surface area contributed by atoms with Crippen LogP contribution in [0.15, 0.2) is 24.3 Å². The van der Waals surface area contributed by atoms with Crippen molar-refractivity contribution in [1.29, 1.82) is 0 Å². The molecule has 0 saturated heterocycles. The first-order chi connectivity index (χ1) is 7.63. The summed E-state index contributed by atoms with van der Waals surface area (Å²) in [4.78, 5) is 10.6. The zero-order valence-corrected chi connectivity index (χ0v) is 10.9. The number of nitrogens with zero attached hydrogens (tertiary/aromatic N) is 1. The summed E-state index contributed by atoms with van der Waals surface area (Å²) in [5.41, 5.74) is 1.30. The van der Waals surface area contributed by atoms with Gasteiger partial charge in [-0.2, -0.15) is 0 Å². The van der Waals surface area contributed by atoms with Crippen molar-refractivity contribution in [3.63, 3.8) is 0 Å². The molecule has 0 amide bonds. The molecule has 1 atom stereocenters. The Labute approximate surface area is 104 Å². The fraction of sp³-hybridized carbons (Fsp3) is 0.500. The Kier molecular flexibility index (Phi) is 5.46. The highest BCUT2D eigenvalue weighted by Crippen LogP contribution is 2.18. The minimum atomic E-state index is -0.369. The van der Waals surface area contributed by atoms with Crippen molar-refractivity contribution in [2.75, 3.05) is 0 Å². The Morgan fingerprint density at radius 1 is 1.38 bits per heavy atom. The van der Waals surface area contributed by atoms with E-state index < -0.39 is 0 Å². The van der Waals surface area contributed by atoms with Crippen molar-refractivity contribution in [3.8, 4) is 0 Å². The molecule has 16 heavy (non-hydrogen) atoms. The summed E-state index contributed by atoms with van der Waals surface area (Å²) in [5, 5.41) is 10.5. The normalized spacial score (nSPS) is 12.4. The molecule has 0 N–H and O–H groups in total. The van der Waals surface area contributed by atoms with Crippen LogP contribution in [0.2, 0.25) is 0 Å². The van der Waals surface area contributed by atoms with Gasteiger partial charge in [0, 0.05) is 17.0 Å². The number of non-ortho nitro benzene ring substituents is 1. The molecule has 1 aromatic carbocycles. The van der Waals surface area contributed by atoms with Crippen LogP contribution in [0.1, 0.15) is 31.7 Å². The SMILES string of the molecule is CCCCC(Br)Cc1ccc([N+](=O)[O-])cc1. The third-order valence-electron chi connectivity index (χ3n) is 2.48. The van der Waals surface area contributed by atoms with Gasteiger partial charge in [-0.25, -0.2) is 0 Å². The number of alkyl halides is 1. The van der Waals surface area contributed by atoms with Gasteiger partial charge in [-0.3, -0.25) is 10.1 Å². The van der Waals surface area contributed by atoms with E-state index in [1.165, 1.54) is 12.8 Å². The Balaban J connectivity index is 2.51. The fourth-order valence-corrected chi connectivity index (χ4v) is 2.23. The van der Waals surface area contributed by atoms with Gasteiger partial charge >= 0.3 is 0 Å². The Morgan fingerprint density at radius 3 is 2.50 bits per heavy atom. The predicted octanol–water partition coefficient (Wildman–Crippen LogP) is 4.09. The van der Waals surface area contributed by atoms with Crippen LogP contribution in [0, 0.1) is 10.1 Å². The van der Waals surface area contributed by atoms with Gasteiger partial charge < -0.3 is 0 Å². The van der Waals surface area contributed by atoms with E-state index in [9.17, 15) is 10.1 Å². The molecule has 0 fully saturated rings. The van der Waals surface area contributed by atoms with Crippen molar-refractivity contribution in [3.05, 3.63) is 39.9 Å². The van der Waals surface area contributed by atoms with E-state index >= 15 is 0 Å². The molecule has 0 bridgehead atoms. The highest BCUT2D eigenvalue weighted by molar-refractivity contribution is 9.09. The number of unbranched alkanes of at least 4 members (excludes halogenated alkanes) is 1. The number of nitro groups is 1. The second kappa shape index (κ2) is 6.63. The molecule has 0 aliphatic carbocycles. The highest BCUT2D eigenvalue weighted by atomic mass is 79.9. The molecule has 3 nitrogen and oxygen atoms in total. The molecular formula is C12H16BrNO2.